The number of hydrogen-bond donors (Lipinski definition) is 0. The maximum atomic E-state index is 13.6. The maximum Gasteiger partial charge on any atom is 0.294 e. The minimum absolute atomic E-state index is 0.188. The number of anilines is 1. The van der Waals surface area contributed by atoms with Gasteiger partial charge in [0.1, 0.15) is 0 Å². The molecule has 0 N–H and O–H groups in total. The summed E-state index contributed by atoms with van der Waals surface area (Å²) in [5.41, 5.74) is 1.90. The highest BCUT2D eigenvalue weighted by Gasteiger charge is 2.44. The zero-order valence-electron chi connectivity index (χ0n) is 18.0. The van der Waals surface area contributed by atoms with Gasteiger partial charge in [-0.2, -0.15) is 0 Å². The third kappa shape index (κ3) is 4.16. The average molecular weight is 519 g/mol. The number of halogens is 1. The second-order valence-corrected chi connectivity index (χ2v) is 10.7. The van der Waals surface area contributed by atoms with Crippen molar-refractivity contribution in [3.8, 4) is 0 Å². The summed E-state index contributed by atoms with van der Waals surface area (Å²) < 4.78 is 0.842. The molecule has 0 radical (unpaired) electrons. The summed E-state index contributed by atoms with van der Waals surface area (Å²) >= 11 is 4.41. The van der Waals surface area contributed by atoms with Gasteiger partial charge in [-0.3, -0.25) is 34.0 Å². The van der Waals surface area contributed by atoms with Gasteiger partial charge in [0.15, 0.2) is 0 Å². The Labute approximate surface area is 200 Å². The van der Waals surface area contributed by atoms with Crippen LogP contribution < -0.4 is 4.90 Å². The first-order valence-corrected chi connectivity index (χ1v) is 13.0. The Morgan fingerprint density at radius 1 is 0.781 bits per heavy atom. The lowest BCUT2D eigenvalue weighted by molar-refractivity contribution is -0.124. The van der Waals surface area contributed by atoms with Crippen LogP contribution in [0.2, 0.25) is 0 Å². The fourth-order valence-corrected chi connectivity index (χ4v) is 6.22. The van der Waals surface area contributed by atoms with Crippen LogP contribution in [-0.2, 0) is 9.59 Å². The summed E-state index contributed by atoms with van der Waals surface area (Å²) in [5, 5.41) is -0.290. The summed E-state index contributed by atoms with van der Waals surface area (Å²) in [6.45, 7) is 4.54. The molecule has 1 aromatic carbocycles. The fourth-order valence-electron chi connectivity index (χ4n) is 4.94. The van der Waals surface area contributed by atoms with Gasteiger partial charge in [0.2, 0.25) is 0 Å². The van der Waals surface area contributed by atoms with Gasteiger partial charge >= 0.3 is 0 Å². The van der Waals surface area contributed by atoms with Gasteiger partial charge in [-0.05, 0) is 81.8 Å². The number of amides is 3. The van der Waals surface area contributed by atoms with E-state index in [1.165, 1.54) is 17.7 Å². The van der Waals surface area contributed by atoms with Crippen molar-refractivity contribution in [2.45, 2.75) is 38.5 Å². The third-order valence-corrected chi connectivity index (χ3v) is 8.11. The molecule has 0 atom stereocenters. The minimum Gasteiger partial charge on any atom is -0.294 e. The molecule has 0 unspecified atom stereocenters. The number of piperidine rings is 2. The van der Waals surface area contributed by atoms with Gasteiger partial charge in [-0.15, -0.1) is 0 Å². The van der Waals surface area contributed by atoms with Gasteiger partial charge in [0.05, 0.1) is 29.5 Å². The first-order chi connectivity index (χ1) is 15.5. The summed E-state index contributed by atoms with van der Waals surface area (Å²) in [6, 6.07) is 5.73. The van der Waals surface area contributed by atoms with Crippen LogP contribution in [-0.4, -0.2) is 71.3 Å². The van der Waals surface area contributed by atoms with Crippen LogP contribution in [0, 0.1) is 0 Å². The largest absolute Gasteiger partial charge is 0.294 e. The quantitative estimate of drug-likeness (QED) is 0.559. The number of fused-ring (bicyclic) bond motifs is 1. The molecule has 0 spiro atoms. The van der Waals surface area contributed by atoms with Crippen LogP contribution in [0.3, 0.4) is 0 Å². The highest BCUT2D eigenvalue weighted by atomic mass is 79.9. The van der Waals surface area contributed by atoms with Gasteiger partial charge in [-0.1, -0.05) is 28.8 Å². The van der Waals surface area contributed by atoms with E-state index in [0.717, 1.165) is 79.3 Å². The molecule has 3 saturated heterocycles. The highest BCUT2D eigenvalue weighted by Crippen LogP contribution is 2.45. The molecule has 5 rings (SSSR count). The smallest absolute Gasteiger partial charge is 0.294 e. The molecule has 1 aromatic rings. The molecule has 4 aliphatic rings. The summed E-state index contributed by atoms with van der Waals surface area (Å²) in [7, 11) is 0. The predicted octanol–water partition coefficient (Wildman–Crippen LogP) is 4.09. The Kier molecular flexibility index (Phi) is 6.42. The second-order valence-electron chi connectivity index (χ2n) is 8.84. The predicted molar refractivity (Wildman–Crippen MR) is 129 cm³/mol. The molecule has 9 heteroatoms. The fraction of sp³-hybridized carbons (Fsp3) is 0.522. The van der Waals surface area contributed by atoms with Crippen molar-refractivity contribution in [3.63, 3.8) is 0 Å². The summed E-state index contributed by atoms with van der Waals surface area (Å²) in [4.78, 5) is 47.5. The number of nitrogens with zero attached hydrogens (tertiary/aromatic N) is 4. The molecule has 0 aromatic heterocycles. The van der Waals surface area contributed by atoms with E-state index in [2.05, 4.69) is 25.7 Å². The molecule has 3 fully saturated rings. The highest BCUT2D eigenvalue weighted by molar-refractivity contribution is 9.10. The van der Waals surface area contributed by atoms with Gasteiger partial charge < -0.3 is 0 Å². The third-order valence-electron chi connectivity index (χ3n) is 6.63. The van der Waals surface area contributed by atoms with Crippen molar-refractivity contribution in [2.24, 2.45) is 0 Å². The van der Waals surface area contributed by atoms with Crippen LogP contribution in [0.5, 0.6) is 0 Å². The molecular formula is C23H27BrN4O3S. The topological polar surface area (TPSA) is 64.2 Å². The van der Waals surface area contributed by atoms with Gasteiger partial charge in [0, 0.05) is 10.0 Å². The van der Waals surface area contributed by atoms with Crippen LogP contribution in [0.25, 0.3) is 5.57 Å². The lowest BCUT2D eigenvalue weighted by Crippen LogP contribution is -2.43. The standard InChI is InChI=1S/C23H27BrN4O3S/c24-16-7-8-18-17(13-16)19(21(29)27(18)14-25-9-3-1-4-10-25)20-22(30)28(23(31)32-20)15-26-11-5-2-6-12-26/h7-8,13H,1-6,9-12,14-15H2. The van der Waals surface area contributed by atoms with E-state index in [1.807, 2.05) is 18.2 Å². The van der Waals surface area contributed by atoms with E-state index in [1.54, 1.807) is 4.90 Å². The molecular weight excluding hydrogens is 492 g/mol. The molecule has 170 valence electrons. The zero-order valence-corrected chi connectivity index (χ0v) is 20.4. The molecule has 0 saturated carbocycles. The Morgan fingerprint density at radius 3 is 2.00 bits per heavy atom. The van der Waals surface area contributed by atoms with Crippen LogP contribution in [0.4, 0.5) is 10.5 Å². The van der Waals surface area contributed by atoms with E-state index in [0.29, 0.717) is 18.9 Å². The molecule has 0 aliphatic carbocycles. The monoisotopic (exact) mass is 518 g/mol. The van der Waals surface area contributed by atoms with Crippen molar-refractivity contribution in [2.75, 3.05) is 44.4 Å². The molecule has 4 aliphatic heterocycles. The van der Waals surface area contributed by atoms with E-state index < -0.39 is 0 Å². The summed E-state index contributed by atoms with van der Waals surface area (Å²) in [6.07, 6.45) is 6.86. The number of imide groups is 1. The van der Waals surface area contributed by atoms with Crippen molar-refractivity contribution in [1.82, 2.24) is 14.7 Å². The second kappa shape index (κ2) is 9.29. The van der Waals surface area contributed by atoms with E-state index >= 15 is 0 Å². The van der Waals surface area contributed by atoms with Gasteiger partial charge in [-0.25, -0.2) is 0 Å². The molecule has 3 amide bonds. The number of carbonyl (C=O) groups is 3. The number of carbonyl (C=O) groups excluding carboxylic acids is 3. The average Bonchev–Trinajstić information content (AvgIpc) is 3.22. The van der Waals surface area contributed by atoms with E-state index in [9.17, 15) is 14.4 Å². The van der Waals surface area contributed by atoms with Crippen molar-refractivity contribution in [1.29, 1.82) is 0 Å². The number of likely N-dealkylation sites (tertiary alicyclic amines) is 2. The Morgan fingerprint density at radius 2 is 1.38 bits per heavy atom. The van der Waals surface area contributed by atoms with Crippen LogP contribution >= 0.6 is 27.7 Å². The Bertz CT molecular complexity index is 985. The Balaban J connectivity index is 1.46. The van der Waals surface area contributed by atoms with Crippen molar-refractivity contribution in [3.05, 3.63) is 33.1 Å². The lowest BCUT2D eigenvalue weighted by Gasteiger charge is -2.31. The lowest BCUT2D eigenvalue weighted by atomic mass is 10.1. The van der Waals surface area contributed by atoms with E-state index in [-0.39, 0.29) is 22.0 Å². The number of benzene rings is 1. The van der Waals surface area contributed by atoms with Crippen molar-refractivity contribution < 1.29 is 14.4 Å². The zero-order chi connectivity index (χ0) is 22.2. The number of hydrogen-bond acceptors (Lipinski definition) is 6. The molecule has 7 nitrogen and oxygen atoms in total. The van der Waals surface area contributed by atoms with E-state index in [4.69, 9.17) is 0 Å². The SMILES string of the molecule is O=C1SC(=C2C(=O)N(CN3CCCCC3)c3ccc(Br)cc32)C(=O)N1CN1CCCCC1. The first-order valence-electron chi connectivity index (χ1n) is 11.4. The normalized spacial score (nSPS) is 25.2. The van der Waals surface area contributed by atoms with Crippen molar-refractivity contribution >= 4 is 56.0 Å². The summed E-state index contributed by atoms with van der Waals surface area (Å²) in [5.74, 6) is -0.535. The Hall–Kier alpha value is -1.68. The van der Waals surface area contributed by atoms with Gasteiger partial charge in [0.25, 0.3) is 17.1 Å². The number of rotatable bonds is 4. The first kappa shape index (κ1) is 22.1. The maximum absolute atomic E-state index is 13.6. The molecule has 4 heterocycles. The molecule has 32 heavy (non-hydrogen) atoms. The van der Waals surface area contributed by atoms with Crippen LogP contribution in [0.1, 0.15) is 44.1 Å². The molecule has 0 bridgehead atoms. The minimum atomic E-state index is -0.348. The van der Waals surface area contributed by atoms with Crippen LogP contribution in [0.15, 0.2) is 27.6 Å². The number of thioether (sulfide) groups is 1.